The summed E-state index contributed by atoms with van der Waals surface area (Å²) < 4.78 is 35.4. The standard InChI is InChI=1S/C42H41F2N5O4/c1-26-23-47(24-27(2)49(26)29(4)51)40-36(43)38(46-28(3)50)35-39(37(40)44)48(34-20-21-34)25-30(41(35)52)22-45-53-42(31-14-8-5-9-15-31,32-16-10-6-11-17-32)33-18-12-7-13-19-33/h5-19,22,25-27,34H,20-21,23-24H2,1-4H3,(H,46,50). The van der Waals surface area contributed by atoms with Crippen LogP contribution in [0, 0.1) is 11.6 Å². The van der Waals surface area contributed by atoms with Gasteiger partial charge in [-0.05, 0) is 26.7 Å². The van der Waals surface area contributed by atoms with E-state index in [1.165, 1.54) is 26.3 Å². The van der Waals surface area contributed by atoms with Crippen LogP contribution < -0.4 is 15.6 Å². The summed E-state index contributed by atoms with van der Waals surface area (Å²) >= 11 is 0. The minimum atomic E-state index is -1.22. The minimum absolute atomic E-state index is 0.0305. The topological polar surface area (TPSA) is 96.2 Å². The summed E-state index contributed by atoms with van der Waals surface area (Å²) in [4.78, 5) is 49.1. The van der Waals surface area contributed by atoms with Crippen LogP contribution in [0.25, 0.3) is 10.9 Å². The maximum Gasteiger partial charge on any atom is 0.221 e. The molecule has 9 nitrogen and oxygen atoms in total. The number of nitrogens with zero attached hydrogens (tertiary/aromatic N) is 4. The van der Waals surface area contributed by atoms with Crippen LogP contribution in [-0.2, 0) is 20.0 Å². The van der Waals surface area contributed by atoms with Gasteiger partial charge in [-0.25, -0.2) is 8.78 Å². The molecule has 1 aromatic heterocycles. The molecule has 4 aromatic carbocycles. The van der Waals surface area contributed by atoms with Crippen LogP contribution in [0.1, 0.15) is 68.8 Å². The second-order valence-electron chi connectivity index (χ2n) is 13.9. The third-order valence-corrected chi connectivity index (χ3v) is 10.1. The summed E-state index contributed by atoms with van der Waals surface area (Å²) in [6.45, 7) is 6.64. The number of nitrogens with one attached hydrogen (secondary N) is 1. The Bertz CT molecular complexity index is 2150. The predicted octanol–water partition coefficient (Wildman–Crippen LogP) is 7.36. The number of piperazine rings is 1. The maximum absolute atomic E-state index is 17.0. The fraction of sp³-hybridized carbons (Fsp3) is 0.286. The number of hydrogen-bond acceptors (Lipinski definition) is 6. The highest BCUT2D eigenvalue weighted by atomic mass is 19.1. The maximum atomic E-state index is 17.0. The van der Waals surface area contributed by atoms with Gasteiger partial charge < -0.3 is 24.5 Å². The summed E-state index contributed by atoms with van der Waals surface area (Å²) in [5.74, 6) is -2.70. The first kappa shape index (κ1) is 35.6. The number of aromatic nitrogens is 1. The number of carbonyl (C=O) groups excluding carboxylic acids is 2. The lowest BCUT2D eigenvalue weighted by Crippen LogP contribution is -2.58. The smallest absolute Gasteiger partial charge is 0.221 e. The quantitative estimate of drug-likeness (QED) is 0.0977. The monoisotopic (exact) mass is 717 g/mol. The second-order valence-corrected chi connectivity index (χ2v) is 13.9. The number of rotatable bonds is 9. The van der Waals surface area contributed by atoms with Gasteiger partial charge in [-0.2, -0.15) is 0 Å². The van der Waals surface area contributed by atoms with Crippen LogP contribution in [0.2, 0.25) is 0 Å². The molecular formula is C42H41F2N5O4. The third kappa shape index (κ3) is 6.45. The Hall–Kier alpha value is -5.84. The van der Waals surface area contributed by atoms with Crippen molar-refractivity contribution in [2.45, 2.75) is 64.3 Å². The van der Waals surface area contributed by atoms with Crippen molar-refractivity contribution in [2.75, 3.05) is 23.3 Å². The van der Waals surface area contributed by atoms with Gasteiger partial charge in [0.2, 0.25) is 22.8 Å². The first-order chi connectivity index (χ1) is 25.5. The van der Waals surface area contributed by atoms with Crippen molar-refractivity contribution in [3.8, 4) is 0 Å². The summed E-state index contributed by atoms with van der Waals surface area (Å²) in [5.41, 5.74) is -0.379. The number of benzene rings is 4. The van der Waals surface area contributed by atoms with E-state index in [4.69, 9.17) is 4.84 Å². The van der Waals surface area contributed by atoms with Gasteiger partial charge in [0.1, 0.15) is 5.69 Å². The van der Waals surface area contributed by atoms with Crippen molar-refractivity contribution in [3.05, 3.63) is 141 Å². The molecule has 2 unspecified atom stereocenters. The molecule has 11 heteroatoms. The number of carbonyl (C=O) groups is 2. The van der Waals surface area contributed by atoms with Crippen LogP contribution in [0.5, 0.6) is 0 Å². The second kappa shape index (κ2) is 14.3. The van der Waals surface area contributed by atoms with E-state index in [0.29, 0.717) is 0 Å². The zero-order chi connectivity index (χ0) is 37.4. The molecule has 1 saturated carbocycles. The van der Waals surface area contributed by atoms with E-state index in [1.54, 1.807) is 14.4 Å². The molecule has 1 N–H and O–H groups in total. The number of fused-ring (bicyclic) bond motifs is 1. The van der Waals surface area contributed by atoms with Crippen LogP contribution >= 0.6 is 0 Å². The summed E-state index contributed by atoms with van der Waals surface area (Å²) in [6, 6.07) is 28.0. The van der Waals surface area contributed by atoms with Crippen molar-refractivity contribution < 1.29 is 23.2 Å². The number of anilines is 2. The van der Waals surface area contributed by atoms with E-state index in [0.717, 1.165) is 29.5 Å². The molecule has 0 radical (unpaired) electrons. The van der Waals surface area contributed by atoms with E-state index in [-0.39, 0.29) is 59.3 Å². The van der Waals surface area contributed by atoms with Crippen molar-refractivity contribution in [1.82, 2.24) is 9.47 Å². The lowest BCUT2D eigenvalue weighted by molar-refractivity contribution is -0.133. The Morgan fingerprint density at radius 2 is 1.34 bits per heavy atom. The molecule has 2 aliphatic rings. The van der Waals surface area contributed by atoms with Gasteiger partial charge in [0.15, 0.2) is 11.6 Å². The largest absolute Gasteiger partial charge is 0.375 e. The molecule has 0 spiro atoms. The molecule has 53 heavy (non-hydrogen) atoms. The Labute approximate surface area is 306 Å². The van der Waals surface area contributed by atoms with Gasteiger partial charge in [-0.1, -0.05) is 96.2 Å². The molecule has 1 aliphatic carbocycles. The Kier molecular flexibility index (Phi) is 9.59. The van der Waals surface area contributed by atoms with Crippen molar-refractivity contribution in [1.29, 1.82) is 0 Å². The van der Waals surface area contributed by atoms with Gasteiger partial charge in [-0.3, -0.25) is 14.4 Å². The first-order valence-electron chi connectivity index (χ1n) is 17.8. The minimum Gasteiger partial charge on any atom is -0.375 e. The molecule has 7 rings (SSSR count). The average molecular weight is 718 g/mol. The van der Waals surface area contributed by atoms with E-state index in [1.807, 2.05) is 105 Å². The fourth-order valence-electron chi connectivity index (χ4n) is 7.81. The van der Waals surface area contributed by atoms with Crippen LogP contribution in [-0.4, -0.2) is 52.7 Å². The number of hydrogen-bond donors (Lipinski definition) is 1. The van der Waals surface area contributed by atoms with Crippen LogP contribution in [0.15, 0.2) is 107 Å². The lowest BCUT2D eigenvalue weighted by Gasteiger charge is -2.45. The van der Waals surface area contributed by atoms with E-state index < -0.39 is 34.3 Å². The average Bonchev–Trinajstić information content (AvgIpc) is 3.99. The van der Waals surface area contributed by atoms with Crippen molar-refractivity contribution >= 4 is 40.3 Å². The molecule has 1 aliphatic heterocycles. The van der Waals surface area contributed by atoms with Gasteiger partial charge in [-0.15, -0.1) is 0 Å². The highest BCUT2D eigenvalue weighted by Crippen LogP contribution is 2.44. The molecule has 2 fully saturated rings. The Balaban J connectivity index is 1.39. The van der Waals surface area contributed by atoms with Gasteiger partial charge in [0.25, 0.3) is 0 Å². The Morgan fingerprint density at radius 3 is 1.79 bits per heavy atom. The molecule has 2 heterocycles. The van der Waals surface area contributed by atoms with E-state index in [9.17, 15) is 14.4 Å². The van der Waals surface area contributed by atoms with Crippen LogP contribution in [0.4, 0.5) is 20.2 Å². The molecule has 5 aromatic rings. The summed E-state index contributed by atoms with van der Waals surface area (Å²) in [5, 5.41) is 6.66. The highest BCUT2D eigenvalue weighted by Gasteiger charge is 2.40. The number of halogens is 2. The van der Waals surface area contributed by atoms with Crippen molar-refractivity contribution in [3.63, 3.8) is 0 Å². The zero-order valence-electron chi connectivity index (χ0n) is 30.1. The summed E-state index contributed by atoms with van der Waals surface area (Å²) in [7, 11) is 0. The predicted molar refractivity (Wildman–Crippen MR) is 202 cm³/mol. The molecule has 272 valence electrons. The highest BCUT2D eigenvalue weighted by molar-refractivity contribution is 6.04. The SMILES string of the molecule is CC(=O)Nc1c(F)c(N2CC(C)N(C(C)=O)C(C)C2)c(F)c2c1c(=O)c(C=NOC(c1ccccc1)(c1ccccc1)c1ccccc1)cn2C1CC1. The zero-order valence-corrected chi connectivity index (χ0v) is 30.1. The first-order valence-corrected chi connectivity index (χ1v) is 17.8. The Morgan fingerprint density at radius 1 is 0.830 bits per heavy atom. The summed E-state index contributed by atoms with van der Waals surface area (Å²) in [6.07, 6.45) is 4.25. The van der Waals surface area contributed by atoms with Gasteiger partial charge in [0, 0.05) is 67.9 Å². The van der Waals surface area contributed by atoms with Gasteiger partial charge in [0.05, 0.1) is 28.4 Å². The van der Waals surface area contributed by atoms with E-state index >= 15 is 8.78 Å². The lowest BCUT2D eigenvalue weighted by atomic mass is 9.80. The molecular weight excluding hydrogens is 676 g/mol. The number of oxime groups is 1. The molecule has 2 amide bonds. The third-order valence-electron chi connectivity index (χ3n) is 10.1. The molecule has 1 saturated heterocycles. The molecule has 2 atom stereocenters. The number of amides is 2. The van der Waals surface area contributed by atoms with Crippen LogP contribution in [0.3, 0.4) is 0 Å². The van der Waals surface area contributed by atoms with Gasteiger partial charge >= 0.3 is 0 Å². The normalized spacial score (nSPS) is 17.7. The fourth-order valence-corrected chi connectivity index (χ4v) is 7.81. The van der Waals surface area contributed by atoms with Crippen molar-refractivity contribution in [2.24, 2.45) is 5.16 Å². The van der Waals surface area contributed by atoms with E-state index in [2.05, 4.69) is 10.5 Å². The number of pyridine rings is 1. The molecule has 0 bridgehead atoms.